The lowest BCUT2D eigenvalue weighted by atomic mass is 10.0. The summed E-state index contributed by atoms with van der Waals surface area (Å²) in [6.07, 6.45) is 0.403. The highest BCUT2D eigenvalue weighted by Gasteiger charge is 2.31. The van der Waals surface area contributed by atoms with E-state index in [4.69, 9.17) is 21.1 Å². The fourth-order valence-electron chi connectivity index (χ4n) is 5.83. The van der Waals surface area contributed by atoms with Crippen molar-refractivity contribution in [3.05, 3.63) is 74.7 Å². The van der Waals surface area contributed by atoms with Gasteiger partial charge in [-0.05, 0) is 43.4 Å². The maximum Gasteiger partial charge on any atom is 0.271 e. The third-order valence-corrected chi connectivity index (χ3v) is 10.1. The number of amides is 5. The second-order valence-corrected chi connectivity index (χ2v) is 14.6. The van der Waals surface area contributed by atoms with Crippen molar-refractivity contribution in [2.45, 2.75) is 64.8 Å². The molecule has 5 rings (SSSR count). The van der Waals surface area contributed by atoms with Gasteiger partial charge >= 0.3 is 0 Å². The molecule has 4 N–H and O–H groups in total. The highest BCUT2D eigenvalue weighted by Crippen LogP contribution is 2.37. The van der Waals surface area contributed by atoms with Crippen molar-refractivity contribution in [3.8, 4) is 11.5 Å². The summed E-state index contributed by atoms with van der Waals surface area (Å²) in [5, 5.41) is 13.7. The Hall–Kier alpha value is -4.73. The van der Waals surface area contributed by atoms with Crippen LogP contribution in [0.5, 0.6) is 11.5 Å². The Morgan fingerprint density at radius 3 is 2.35 bits per heavy atom. The number of hydrogen-bond acceptors (Lipinski definition) is 10. The van der Waals surface area contributed by atoms with Crippen LogP contribution in [0.3, 0.4) is 0 Å². The number of fused-ring (bicyclic) bond motifs is 3. The van der Waals surface area contributed by atoms with Crippen molar-refractivity contribution in [1.29, 1.82) is 0 Å². The molecule has 5 amide bonds. The second-order valence-electron chi connectivity index (χ2n) is 13.3. The first-order valence-corrected chi connectivity index (χ1v) is 18.3. The number of aromatic nitrogens is 1. The van der Waals surface area contributed by atoms with E-state index in [-0.39, 0.29) is 56.4 Å². The molecule has 2 aromatic carbocycles. The van der Waals surface area contributed by atoms with E-state index in [1.807, 2.05) is 35.2 Å². The van der Waals surface area contributed by atoms with Gasteiger partial charge in [-0.2, -0.15) is 0 Å². The van der Waals surface area contributed by atoms with Gasteiger partial charge in [-0.3, -0.25) is 28.9 Å². The third kappa shape index (κ3) is 9.78. The molecule has 4 atom stereocenters. The van der Waals surface area contributed by atoms with E-state index in [0.717, 1.165) is 5.56 Å². The van der Waals surface area contributed by atoms with Crippen LogP contribution in [0.2, 0.25) is 5.02 Å². The highest BCUT2D eigenvalue weighted by molar-refractivity contribution is 7.09. The predicted octanol–water partition coefficient (Wildman–Crippen LogP) is 2.66. The topological polar surface area (TPSA) is 171 Å². The molecule has 0 aliphatic carbocycles. The normalized spacial score (nSPS) is 22.7. The molecule has 52 heavy (non-hydrogen) atoms. The van der Waals surface area contributed by atoms with Crippen molar-refractivity contribution < 1.29 is 33.4 Å². The van der Waals surface area contributed by atoms with Crippen LogP contribution >= 0.6 is 22.9 Å². The smallest absolute Gasteiger partial charge is 0.271 e. The molecule has 14 nitrogen and oxygen atoms in total. The second kappa shape index (κ2) is 17.2. The number of nitrogens with zero attached hydrogens (tertiary/aromatic N) is 3. The van der Waals surface area contributed by atoms with E-state index >= 15 is 0 Å². The molecule has 0 saturated heterocycles. The molecule has 1 aromatic heterocycles. The van der Waals surface area contributed by atoms with Crippen LogP contribution in [0.25, 0.3) is 0 Å². The Kier molecular flexibility index (Phi) is 12.7. The number of carbonyl (C=O) groups excluding carboxylic acids is 5. The van der Waals surface area contributed by atoms with Crippen LogP contribution in [0, 0.1) is 5.92 Å². The number of thiazole rings is 1. The number of halogens is 1. The molecule has 278 valence electrons. The molecule has 0 fully saturated rings. The van der Waals surface area contributed by atoms with Gasteiger partial charge in [0.15, 0.2) is 11.5 Å². The first-order chi connectivity index (χ1) is 24.8. The average molecular weight is 754 g/mol. The van der Waals surface area contributed by atoms with E-state index in [0.29, 0.717) is 33.5 Å². The van der Waals surface area contributed by atoms with E-state index in [1.54, 1.807) is 45.3 Å². The Labute approximate surface area is 311 Å². The van der Waals surface area contributed by atoms with Gasteiger partial charge in [0.2, 0.25) is 30.4 Å². The van der Waals surface area contributed by atoms with Crippen LogP contribution in [0.4, 0.5) is 0 Å². The number of likely N-dealkylation sites (N-methyl/N-ethyl adjacent to an activating group) is 1. The van der Waals surface area contributed by atoms with Crippen LogP contribution in [-0.4, -0.2) is 95.9 Å². The maximum atomic E-state index is 13.8. The number of hydrogen-bond donors (Lipinski definition) is 4. The van der Waals surface area contributed by atoms with Crippen molar-refractivity contribution in [1.82, 2.24) is 36.1 Å². The molecule has 16 heteroatoms. The van der Waals surface area contributed by atoms with Crippen LogP contribution in [0.1, 0.15) is 60.4 Å². The zero-order valence-electron chi connectivity index (χ0n) is 29.7. The Morgan fingerprint density at radius 1 is 0.923 bits per heavy atom. The lowest BCUT2D eigenvalue weighted by molar-refractivity contribution is -0.136. The highest BCUT2D eigenvalue weighted by atomic mass is 35.5. The summed E-state index contributed by atoms with van der Waals surface area (Å²) in [6, 6.07) is 9.58. The van der Waals surface area contributed by atoms with E-state index in [9.17, 15) is 24.0 Å². The minimum atomic E-state index is -1.00. The lowest BCUT2D eigenvalue weighted by Crippen LogP contribution is -2.57. The van der Waals surface area contributed by atoms with E-state index < -0.39 is 41.9 Å². The minimum Gasteiger partial charge on any atom is -0.454 e. The summed E-state index contributed by atoms with van der Waals surface area (Å²) in [6.45, 7) is 7.37. The Morgan fingerprint density at radius 2 is 1.63 bits per heavy atom. The predicted molar refractivity (Wildman–Crippen MR) is 195 cm³/mol. The van der Waals surface area contributed by atoms with Gasteiger partial charge in [0, 0.05) is 43.2 Å². The third-order valence-electron chi connectivity index (χ3n) is 8.82. The molecule has 3 aromatic rings. The first-order valence-electron chi connectivity index (χ1n) is 17.0. The number of nitrogens with one attached hydrogen (secondary N) is 4. The molecule has 2 aliphatic rings. The van der Waals surface area contributed by atoms with Crippen LogP contribution in [-0.2, 0) is 32.1 Å². The zero-order chi connectivity index (χ0) is 37.5. The fraction of sp³-hybridized carbons (Fsp3) is 0.444. The van der Waals surface area contributed by atoms with Gasteiger partial charge in [0.05, 0.1) is 12.6 Å². The quantitative estimate of drug-likeness (QED) is 0.306. The van der Waals surface area contributed by atoms with Gasteiger partial charge in [-0.15, -0.1) is 11.3 Å². The summed E-state index contributed by atoms with van der Waals surface area (Å²) in [5.74, 6) is -1.61. The number of ether oxygens (including phenoxy) is 2. The van der Waals surface area contributed by atoms with Gasteiger partial charge in [0.1, 0.15) is 28.8 Å². The van der Waals surface area contributed by atoms with Crippen molar-refractivity contribution in [3.63, 3.8) is 0 Å². The molecule has 0 radical (unpaired) electrons. The molecule has 3 heterocycles. The Bertz CT molecular complexity index is 1790. The maximum absolute atomic E-state index is 13.8. The van der Waals surface area contributed by atoms with Gasteiger partial charge < -0.3 is 35.6 Å². The molecule has 0 spiro atoms. The molecular formula is C36H44ClN7O7S. The van der Waals surface area contributed by atoms with Crippen LogP contribution < -0.4 is 30.7 Å². The van der Waals surface area contributed by atoms with Crippen LogP contribution in [0.15, 0.2) is 47.8 Å². The summed E-state index contributed by atoms with van der Waals surface area (Å²) in [7, 11) is 1.62. The van der Waals surface area contributed by atoms with Gasteiger partial charge in [-0.25, -0.2) is 4.98 Å². The standard InChI is InChI=1S/C36H44ClN7O7S/c1-20(2)31-34(48)39-22(4)36(49)43(5)11-12-44(16-24-14-28-29(15-25(24)37)51-19-50-28)17-30(45)40-26(13-23-9-7-6-8-10-23)35-41-27(18-52-35)33(47)38-21(3)32(46)42-31/h6-10,14-15,18,20-22,26,31H,11-13,16-17,19H2,1-5H3,(H,38,47)(H,39,48)(H,40,45)(H,42,46)/t21-,22+,26-,31-/m0/s1. The largest absolute Gasteiger partial charge is 0.454 e. The number of rotatable bonds is 5. The molecular weight excluding hydrogens is 710 g/mol. The Balaban J connectivity index is 1.46. The summed E-state index contributed by atoms with van der Waals surface area (Å²) in [5.41, 5.74) is 1.74. The monoisotopic (exact) mass is 753 g/mol. The number of benzene rings is 2. The fourth-order valence-corrected chi connectivity index (χ4v) is 6.89. The van der Waals surface area contributed by atoms with E-state index in [2.05, 4.69) is 26.3 Å². The van der Waals surface area contributed by atoms with Crippen molar-refractivity contribution in [2.75, 3.05) is 33.5 Å². The summed E-state index contributed by atoms with van der Waals surface area (Å²) >= 11 is 7.86. The van der Waals surface area contributed by atoms with Gasteiger partial charge in [-0.1, -0.05) is 55.8 Å². The number of carbonyl (C=O) groups is 5. The zero-order valence-corrected chi connectivity index (χ0v) is 31.3. The lowest BCUT2D eigenvalue weighted by Gasteiger charge is -2.29. The molecule has 0 unspecified atom stereocenters. The van der Waals surface area contributed by atoms with Crippen molar-refractivity contribution >= 4 is 52.5 Å². The molecule has 0 saturated carbocycles. The summed E-state index contributed by atoms with van der Waals surface area (Å²) in [4.78, 5) is 74.9. The van der Waals surface area contributed by atoms with Gasteiger partial charge in [0.25, 0.3) is 5.91 Å². The van der Waals surface area contributed by atoms with Crippen molar-refractivity contribution in [2.24, 2.45) is 5.92 Å². The molecule has 2 bridgehead atoms. The summed E-state index contributed by atoms with van der Waals surface area (Å²) < 4.78 is 11.0. The molecule has 2 aliphatic heterocycles. The SMILES string of the molecule is CC(C)[C@@H]1NC(=O)[C@H](C)NC(=O)c2csc(n2)[C@H](Cc2ccccc2)NC(=O)CN(Cc2cc3c(cc2Cl)OCO3)CCN(C)C(=O)[C@@H](C)NC1=O. The first kappa shape index (κ1) is 38.5. The average Bonchev–Trinajstić information content (AvgIpc) is 3.79. The van der Waals surface area contributed by atoms with E-state index in [1.165, 1.54) is 23.2 Å². The minimum absolute atomic E-state index is 0.0650.